The monoisotopic (exact) mass is 454 g/mol. The first-order valence-electron chi connectivity index (χ1n) is 9.60. The Morgan fingerprint density at radius 2 is 1.62 bits per heavy atom. The van der Waals surface area contributed by atoms with E-state index in [0.29, 0.717) is 15.7 Å². The third-order valence-electron chi connectivity index (χ3n) is 5.06. The number of nitrogens with zero attached hydrogens (tertiary/aromatic N) is 1. The van der Waals surface area contributed by atoms with Crippen LogP contribution in [-0.2, 0) is 14.8 Å². The lowest BCUT2D eigenvalue weighted by Crippen LogP contribution is -2.45. The minimum Gasteiger partial charge on any atom is -0.325 e. The van der Waals surface area contributed by atoms with Crippen LogP contribution >= 0.6 is 23.2 Å². The molecule has 0 spiro atoms. The maximum atomic E-state index is 13.3. The topological polar surface area (TPSA) is 66.5 Å². The standard InChI is InChI=1S/C21H24Cl2N2O3S/c1-15-7-9-20(10-8-15)29(27,28)25(19-5-3-2-4-6-19)14-21(26)24-18-12-16(22)11-17(23)13-18/h7-13,19H,2-6,14H2,1H3,(H,24,26). The van der Waals surface area contributed by atoms with Crippen molar-refractivity contribution < 1.29 is 13.2 Å². The van der Waals surface area contributed by atoms with E-state index in [1.165, 1.54) is 4.31 Å². The molecule has 1 fully saturated rings. The van der Waals surface area contributed by atoms with Crippen molar-refractivity contribution in [2.75, 3.05) is 11.9 Å². The second-order valence-electron chi connectivity index (χ2n) is 7.36. The van der Waals surface area contributed by atoms with Crippen molar-refractivity contribution in [2.45, 2.75) is 50.0 Å². The van der Waals surface area contributed by atoms with Crippen molar-refractivity contribution in [3.05, 3.63) is 58.1 Å². The lowest BCUT2D eigenvalue weighted by molar-refractivity contribution is -0.116. The van der Waals surface area contributed by atoms with E-state index in [9.17, 15) is 13.2 Å². The normalized spacial score (nSPS) is 15.4. The van der Waals surface area contributed by atoms with Crippen molar-refractivity contribution in [1.82, 2.24) is 4.31 Å². The van der Waals surface area contributed by atoms with Crippen LogP contribution in [0.3, 0.4) is 0 Å². The van der Waals surface area contributed by atoms with Gasteiger partial charge in [-0.05, 0) is 50.1 Å². The lowest BCUT2D eigenvalue weighted by Gasteiger charge is -2.33. The van der Waals surface area contributed by atoms with Crippen LogP contribution in [0.15, 0.2) is 47.4 Å². The molecule has 1 amide bonds. The Morgan fingerprint density at radius 1 is 1.03 bits per heavy atom. The predicted molar refractivity (Wildman–Crippen MR) is 117 cm³/mol. The molecule has 1 saturated carbocycles. The molecule has 3 rings (SSSR count). The van der Waals surface area contributed by atoms with E-state index >= 15 is 0 Å². The number of amides is 1. The molecule has 0 saturated heterocycles. The summed E-state index contributed by atoms with van der Waals surface area (Å²) in [5.74, 6) is -0.426. The second kappa shape index (κ2) is 9.47. The number of carbonyl (C=O) groups excluding carboxylic acids is 1. The first-order valence-corrected chi connectivity index (χ1v) is 11.8. The zero-order valence-corrected chi connectivity index (χ0v) is 18.5. The molecule has 0 unspecified atom stereocenters. The van der Waals surface area contributed by atoms with Crippen LogP contribution in [0.25, 0.3) is 0 Å². The molecule has 156 valence electrons. The number of anilines is 1. The molecule has 1 aliphatic carbocycles. The average molecular weight is 455 g/mol. The molecule has 5 nitrogen and oxygen atoms in total. The summed E-state index contributed by atoms with van der Waals surface area (Å²) in [5.41, 5.74) is 1.41. The van der Waals surface area contributed by atoms with E-state index in [1.54, 1.807) is 42.5 Å². The first kappa shape index (κ1) is 22.1. The van der Waals surface area contributed by atoms with Gasteiger partial charge < -0.3 is 5.32 Å². The zero-order valence-electron chi connectivity index (χ0n) is 16.2. The SMILES string of the molecule is Cc1ccc(S(=O)(=O)N(CC(=O)Nc2cc(Cl)cc(Cl)c2)C2CCCCC2)cc1. The highest BCUT2D eigenvalue weighted by atomic mass is 35.5. The van der Waals surface area contributed by atoms with E-state index < -0.39 is 15.9 Å². The Bertz CT molecular complexity index is 952. The number of sulfonamides is 1. The van der Waals surface area contributed by atoms with Gasteiger partial charge in [-0.25, -0.2) is 8.42 Å². The summed E-state index contributed by atoms with van der Waals surface area (Å²) in [7, 11) is -3.80. The van der Waals surface area contributed by atoms with Gasteiger partial charge in [0.15, 0.2) is 0 Å². The summed E-state index contributed by atoms with van der Waals surface area (Å²) in [6.45, 7) is 1.64. The van der Waals surface area contributed by atoms with Crippen molar-refractivity contribution in [1.29, 1.82) is 0 Å². The minimum absolute atomic E-state index is 0.191. The molecule has 0 radical (unpaired) electrons. The summed E-state index contributed by atoms with van der Waals surface area (Å²) >= 11 is 12.0. The summed E-state index contributed by atoms with van der Waals surface area (Å²) < 4.78 is 28.0. The van der Waals surface area contributed by atoms with Crippen LogP contribution in [0.1, 0.15) is 37.7 Å². The highest BCUT2D eigenvalue weighted by molar-refractivity contribution is 7.89. The van der Waals surface area contributed by atoms with Gasteiger partial charge in [0.25, 0.3) is 0 Å². The molecular weight excluding hydrogens is 431 g/mol. The van der Waals surface area contributed by atoms with E-state index in [4.69, 9.17) is 23.2 Å². The van der Waals surface area contributed by atoms with Gasteiger partial charge in [0, 0.05) is 21.8 Å². The van der Waals surface area contributed by atoms with E-state index in [-0.39, 0.29) is 17.5 Å². The smallest absolute Gasteiger partial charge is 0.243 e. The number of rotatable bonds is 6. The van der Waals surface area contributed by atoms with E-state index in [0.717, 1.165) is 37.7 Å². The minimum atomic E-state index is -3.80. The van der Waals surface area contributed by atoms with E-state index in [1.807, 2.05) is 6.92 Å². The van der Waals surface area contributed by atoms with Crippen LogP contribution in [0.2, 0.25) is 10.0 Å². The predicted octanol–water partition coefficient (Wildman–Crippen LogP) is 5.26. The van der Waals surface area contributed by atoms with Crippen molar-refractivity contribution >= 4 is 44.8 Å². The Balaban J connectivity index is 1.85. The fourth-order valence-corrected chi connectivity index (χ4v) is 5.76. The number of hydrogen-bond acceptors (Lipinski definition) is 3. The maximum Gasteiger partial charge on any atom is 0.243 e. The quantitative estimate of drug-likeness (QED) is 0.646. The molecule has 0 aromatic heterocycles. The van der Waals surface area contributed by atoms with Gasteiger partial charge >= 0.3 is 0 Å². The molecule has 2 aromatic carbocycles. The van der Waals surface area contributed by atoms with Gasteiger partial charge in [0.1, 0.15) is 0 Å². The van der Waals surface area contributed by atoms with Crippen LogP contribution in [0.4, 0.5) is 5.69 Å². The Morgan fingerprint density at radius 3 is 2.21 bits per heavy atom. The van der Waals surface area contributed by atoms with Crippen LogP contribution in [0, 0.1) is 6.92 Å². The summed E-state index contributed by atoms with van der Waals surface area (Å²) in [5, 5.41) is 3.50. The largest absolute Gasteiger partial charge is 0.325 e. The highest BCUT2D eigenvalue weighted by Crippen LogP contribution is 2.28. The number of carbonyl (C=O) groups is 1. The molecule has 0 atom stereocenters. The van der Waals surface area contributed by atoms with Crippen LogP contribution in [0.5, 0.6) is 0 Å². The average Bonchev–Trinajstić information content (AvgIpc) is 2.66. The van der Waals surface area contributed by atoms with Crippen molar-refractivity contribution in [3.63, 3.8) is 0 Å². The Kier molecular flexibility index (Phi) is 7.22. The third kappa shape index (κ3) is 5.72. The molecule has 2 aromatic rings. The van der Waals surface area contributed by atoms with E-state index in [2.05, 4.69) is 5.32 Å². The van der Waals surface area contributed by atoms with Gasteiger partial charge in [-0.3, -0.25) is 4.79 Å². The summed E-state index contributed by atoms with van der Waals surface area (Å²) in [6, 6.07) is 11.2. The van der Waals surface area contributed by atoms with Gasteiger partial charge in [-0.1, -0.05) is 60.2 Å². The third-order valence-corrected chi connectivity index (χ3v) is 7.40. The van der Waals surface area contributed by atoms with Gasteiger partial charge in [0.2, 0.25) is 15.9 Å². The number of halogens is 2. The van der Waals surface area contributed by atoms with Crippen molar-refractivity contribution in [3.8, 4) is 0 Å². The summed E-state index contributed by atoms with van der Waals surface area (Å²) in [4.78, 5) is 12.9. The van der Waals surface area contributed by atoms with Crippen LogP contribution < -0.4 is 5.32 Å². The first-order chi connectivity index (χ1) is 13.8. The Labute approximate surface area is 182 Å². The molecule has 8 heteroatoms. The van der Waals surface area contributed by atoms with Gasteiger partial charge in [-0.15, -0.1) is 0 Å². The molecule has 29 heavy (non-hydrogen) atoms. The fraction of sp³-hybridized carbons (Fsp3) is 0.381. The van der Waals surface area contributed by atoms with Crippen LogP contribution in [-0.4, -0.2) is 31.2 Å². The van der Waals surface area contributed by atoms with Crippen molar-refractivity contribution in [2.24, 2.45) is 0 Å². The maximum absolute atomic E-state index is 13.3. The molecule has 0 heterocycles. The lowest BCUT2D eigenvalue weighted by atomic mass is 9.95. The number of aryl methyl sites for hydroxylation is 1. The van der Waals surface area contributed by atoms with Gasteiger partial charge in [-0.2, -0.15) is 4.31 Å². The number of hydrogen-bond donors (Lipinski definition) is 1. The molecule has 1 N–H and O–H groups in total. The number of benzene rings is 2. The summed E-state index contributed by atoms with van der Waals surface area (Å²) in [6.07, 6.45) is 4.50. The molecule has 0 bridgehead atoms. The van der Waals surface area contributed by atoms with Gasteiger partial charge in [0.05, 0.1) is 11.4 Å². The molecule has 1 aliphatic rings. The number of nitrogens with one attached hydrogen (secondary N) is 1. The fourth-order valence-electron chi connectivity index (χ4n) is 3.59. The molecular formula is C21H24Cl2N2O3S. The zero-order chi connectivity index (χ0) is 21.0. The second-order valence-corrected chi connectivity index (χ2v) is 10.1. The highest BCUT2D eigenvalue weighted by Gasteiger charge is 2.34. The molecule has 0 aliphatic heterocycles. The Hall–Kier alpha value is -1.60.